The van der Waals surface area contributed by atoms with Gasteiger partial charge in [0.1, 0.15) is 12.4 Å². The van der Waals surface area contributed by atoms with Gasteiger partial charge in [0.15, 0.2) is 5.96 Å². The van der Waals surface area contributed by atoms with Crippen LogP contribution in [-0.2, 0) is 11.3 Å². The highest BCUT2D eigenvalue weighted by atomic mass is 127. The van der Waals surface area contributed by atoms with Crippen molar-refractivity contribution >= 4 is 29.9 Å². The third kappa shape index (κ3) is 8.43. The molecule has 1 aromatic carbocycles. The molecule has 1 aromatic rings. The SMILES string of the molecule is COCCOc1cc(C)ccc1CN=C(N)NCC(C)C.I. The molecule has 0 saturated heterocycles. The minimum atomic E-state index is 0. The van der Waals surface area contributed by atoms with Crippen molar-refractivity contribution in [2.24, 2.45) is 16.6 Å². The van der Waals surface area contributed by atoms with Crippen molar-refractivity contribution < 1.29 is 9.47 Å². The van der Waals surface area contributed by atoms with Crippen LogP contribution in [0.25, 0.3) is 0 Å². The van der Waals surface area contributed by atoms with Crippen LogP contribution in [-0.4, -0.2) is 32.8 Å². The maximum Gasteiger partial charge on any atom is 0.188 e. The minimum Gasteiger partial charge on any atom is -0.491 e. The molecular weight excluding hydrogens is 393 g/mol. The Bertz CT molecular complexity index is 465. The van der Waals surface area contributed by atoms with Gasteiger partial charge in [-0.25, -0.2) is 4.99 Å². The number of hydrogen-bond donors (Lipinski definition) is 2. The molecule has 0 fully saturated rings. The van der Waals surface area contributed by atoms with Gasteiger partial charge in [0.05, 0.1) is 13.2 Å². The second kappa shape index (κ2) is 11.5. The fourth-order valence-corrected chi connectivity index (χ4v) is 1.70. The molecule has 0 unspecified atom stereocenters. The molecule has 1 rings (SSSR count). The molecule has 22 heavy (non-hydrogen) atoms. The molecule has 0 aliphatic rings. The summed E-state index contributed by atoms with van der Waals surface area (Å²) in [5.74, 6) is 1.84. The number of guanidine groups is 1. The molecule has 126 valence electrons. The summed E-state index contributed by atoms with van der Waals surface area (Å²) in [6, 6.07) is 6.08. The largest absolute Gasteiger partial charge is 0.491 e. The monoisotopic (exact) mass is 421 g/mol. The third-order valence-electron chi connectivity index (χ3n) is 2.88. The highest BCUT2D eigenvalue weighted by molar-refractivity contribution is 14.0. The van der Waals surface area contributed by atoms with Gasteiger partial charge in [-0.05, 0) is 24.5 Å². The standard InChI is InChI=1S/C16H27N3O2.HI/c1-12(2)10-18-16(17)19-11-14-6-5-13(3)9-15(14)21-8-7-20-4;/h5-6,9,12H,7-8,10-11H2,1-4H3,(H3,17,18,19);1H. The zero-order valence-electron chi connectivity index (χ0n) is 13.9. The number of nitrogens with two attached hydrogens (primary N) is 1. The summed E-state index contributed by atoms with van der Waals surface area (Å²) >= 11 is 0. The summed E-state index contributed by atoms with van der Waals surface area (Å²) in [6.45, 7) is 8.70. The van der Waals surface area contributed by atoms with E-state index in [1.165, 1.54) is 0 Å². The zero-order chi connectivity index (χ0) is 15.7. The first-order chi connectivity index (χ1) is 10.0. The van der Waals surface area contributed by atoms with E-state index in [9.17, 15) is 0 Å². The normalized spacial score (nSPS) is 11.2. The number of aryl methyl sites for hydroxylation is 1. The Morgan fingerprint density at radius 2 is 2.05 bits per heavy atom. The van der Waals surface area contributed by atoms with Crippen LogP contribution in [0.5, 0.6) is 5.75 Å². The lowest BCUT2D eigenvalue weighted by molar-refractivity contribution is 0.146. The molecular formula is C16H28IN3O2. The number of methoxy groups -OCH3 is 1. The number of rotatable bonds is 8. The Hall–Kier alpha value is -1.02. The lowest BCUT2D eigenvalue weighted by Crippen LogP contribution is -2.34. The van der Waals surface area contributed by atoms with Crippen LogP contribution >= 0.6 is 24.0 Å². The summed E-state index contributed by atoms with van der Waals surface area (Å²) in [5, 5.41) is 3.10. The van der Waals surface area contributed by atoms with Crippen LogP contribution in [0.4, 0.5) is 0 Å². The molecule has 0 spiro atoms. The van der Waals surface area contributed by atoms with Crippen LogP contribution in [0.15, 0.2) is 23.2 Å². The van der Waals surface area contributed by atoms with E-state index < -0.39 is 0 Å². The lowest BCUT2D eigenvalue weighted by Gasteiger charge is -2.12. The Morgan fingerprint density at radius 3 is 2.68 bits per heavy atom. The fraction of sp³-hybridized carbons (Fsp3) is 0.562. The number of nitrogens with one attached hydrogen (secondary N) is 1. The summed E-state index contributed by atoms with van der Waals surface area (Å²) in [4.78, 5) is 4.36. The van der Waals surface area contributed by atoms with Crippen molar-refractivity contribution in [3.8, 4) is 5.75 Å². The molecule has 0 amide bonds. The van der Waals surface area contributed by atoms with E-state index in [0.717, 1.165) is 23.4 Å². The summed E-state index contributed by atoms with van der Waals surface area (Å²) < 4.78 is 10.7. The molecule has 5 nitrogen and oxygen atoms in total. The van der Waals surface area contributed by atoms with Crippen LogP contribution < -0.4 is 15.8 Å². The second-order valence-corrected chi connectivity index (χ2v) is 5.43. The molecule has 6 heteroatoms. The van der Waals surface area contributed by atoms with Gasteiger partial charge >= 0.3 is 0 Å². The highest BCUT2D eigenvalue weighted by Gasteiger charge is 2.04. The number of halogens is 1. The first-order valence-corrected chi connectivity index (χ1v) is 7.28. The van der Waals surface area contributed by atoms with Gasteiger partial charge in [0, 0.05) is 19.2 Å². The smallest absolute Gasteiger partial charge is 0.188 e. The second-order valence-electron chi connectivity index (χ2n) is 5.43. The van der Waals surface area contributed by atoms with E-state index in [0.29, 0.717) is 31.6 Å². The van der Waals surface area contributed by atoms with Crippen molar-refractivity contribution in [2.75, 3.05) is 26.9 Å². The predicted octanol–water partition coefficient (Wildman–Crippen LogP) is 2.70. The molecule has 0 heterocycles. The van der Waals surface area contributed by atoms with Crippen LogP contribution in [0, 0.1) is 12.8 Å². The van der Waals surface area contributed by atoms with Gasteiger partial charge < -0.3 is 20.5 Å². The number of benzene rings is 1. The summed E-state index contributed by atoms with van der Waals surface area (Å²) in [7, 11) is 1.66. The minimum absolute atomic E-state index is 0. The fourth-order valence-electron chi connectivity index (χ4n) is 1.70. The molecule has 0 saturated carbocycles. The molecule has 0 radical (unpaired) electrons. The van der Waals surface area contributed by atoms with E-state index in [4.69, 9.17) is 15.2 Å². The van der Waals surface area contributed by atoms with Crippen molar-refractivity contribution in [3.05, 3.63) is 29.3 Å². The lowest BCUT2D eigenvalue weighted by atomic mass is 10.1. The van der Waals surface area contributed by atoms with Crippen molar-refractivity contribution in [1.82, 2.24) is 5.32 Å². The van der Waals surface area contributed by atoms with Crippen molar-refractivity contribution in [3.63, 3.8) is 0 Å². The maximum atomic E-state index is 5.85. The number of hydrogen-bond acceptors (Lipinski definition) is 3. The number of nitrogens with zero attached hydrogens (tertiary/aromatic N) is 1. The van der Waals surface area contributed by atoms with Crippen LogP contribution in [0.3, 0.4) is 0 Å². The van der Waals surface area contributed by atoms with Gasteiger partial charge in [-0.1, -0.05) is 26.0 Å². The highest BCUT2D eigenvalue weighted by Crippen LogP contribution is 2.21. The number of ether oxygens (including phenoxy) is 2. The molecule has 0 atom stereocenters. The topological polar surface area (TPSA) is 68.9 Å². The average Bonchev–Trinajstić information content (AvgIpc) is 2.44. The van der Waals surface area contributed by atoms with E-state index in [-0.39, 0.29) is 24.0 Å². The van der Waals surface area contributed by atoms with E-state index in [1.54, 1.807) is 7.11 Å². The van der Waals surface area contributed by atoms with E-state index in [1.807, 2.05) is 25.1 Å². The van der Waals surface area contributed by atoms with Gasteiger partial charge in [-0.3, -0.25) is 0 Å². The van der Waals surface area contributed by atoms with Gasteiger partial charge in [0.2, 0.25) is 0 Å². The summed E-state index contributed by atoms with van der Waals surface area (Å²) in [6.07, 6.45) is 0. The average molecular weight is 421 g/mol. The predicted molar refractivity (Wildman–Crippen MR) is 102 cm³/mol. The first-order valence-electron chi connectivity index (χ1n) is 7.28. The Kier molecular flexibility index (Phi) is 11.0. The van der Waals surface area contributed by atoms with Gasteiger partial charge in [-0.2, -0.15) is 0 Å². The molecule has 0 aliphatic carbocycles. The molecule has 0 aromatic heterocycles. The Morgan fingerprint density at radius 1 is 1.32 bits per heavy atom. The maximum absolute atomic E-state index is 5.85. The number of aliphatic imine (C=N–C) groups is 1. The first kappa shape index (κ1) is 21.0. The van der Waals surface area contributed by atoms with Crippen LogP contribution in [0.1, 0.15) is 25.0 Å². The van der Waals surface area contributed by atoms with Gasteiger partial charge in [-0.15, -0.1) is 24.0 Å². The Labute approximate surface area is 150 Å². The quantitative estimate of drug-likeness (QED) is 0.293. The van der Waals surface area contributed by atoms with Crippen molar-refractivity contribution in [2.45, 2.75) is 27.3 Å². The third-order valence-corrected chi connectivity index (χ3v) is 2.88. The van der Waals surface area contributed by atoms with Crippen molar-refractivity contribution in [1.29, 1.82) is 0 Å². The Balaban J connectivity index is 0.00000441. The van der Waals surface area contributed by atoms with E-state index >= 15 is 0 Å². The van der Waals surface area contributed by atoms with Gasteiger partial charge in [0.25, 0.3) is 0 Å². The molecule has 3 N–H and O–H groups in total. The zero-order valence-corrected chi connectivity index (χ0v) is 16.2. The molecule has 0 bridgehead atoms. The van der Waals surface area contributed by atoms with Crippen LogP contribution in [0.2, 0.25) is 0 Å². The van der Waals surface area contributed by atoms with E-state index in [2.05, 4.69) is 24.2 Å². The molecule has 0 aliphatic heterocycles. The summed E-state index contributed by atoms with van der Waals surface area (Å²) in [5.41, 5.74) is 8.02.